The van der Waals surface area contributed by atoms with Gasteiger partial charge in [-0.3, -0.25) is 4.98 Å². The summed E-state index contributed by atoms with van der Waals surface area (Å²) in [5, 5.41) is 0. The minimum absolute atomic E-state index is 0.338. The molecule has 112 valence electrons. The Morgan fingerprint density at radius 3 is 2.76 bits per heavy atom. The van der Waals surface area contributed by atoms with Gasteiger partial charge in [0, 0.05) is 18.5 Å². The van der Waals surface area contributed by atoms with Crippen LogP contribution in [0.25, 0.3) is 0 Å². The molecule has 0 aliphatic rings. The first-order valence-electron chi connectivity index (χ1n) is 6.59. The molecule has 0 bridgehead atoms. The van der Waals surface area contributed by atoms with E-state index in [2.05, 4.69) is 4.98 Å². The van der Waals surface area contributed by atoms with E-state index in [9.17, 15) is 4.79 Å². The Morgan fingerprint density at radius 2 is 2.10 bits per heavy atom. The van der Waals surface area contributed by atoms with Crippen molar-refractivity contribution in [3.05, 3.63) is 42.0 Å². The van der Waals surface area contributed by atoms with Gasteiger partial charge in [-0.25, -0.2) is 4.79 Å². The van der Waals surface area contributed by atoms with Crippen LogP contribution in [0.15, 0.2) is 30.6 Å². The number of carbonyl (C=O) groups is 1. The van der Waals surface area contributed by atoms with Crippen LogP contribution in [0.1, 0.15) is 23.1 Å². The number of methoxy groups -OCH3 is 2. The Labute approximate surface area is 123 Å². The van der Waals surface area contributed by atoms with Gasteiger partial charge in [0.15, 0.2) is 11.5 Å². The Hall–Kier alpha value is -2.50. The summed E-state index contributed by atoms with van der Waals surface area (Å²) in [7, 11) is 3.13. The molecule has 0 saturated carbocycles. The van der Waals surface area contributed by atoms with Gasteiger partial charge in [0.2, 0.25) is 0 Å². The maximum absolute atomic E-state index is 11.9. The average molecular weight is 290 g/mol. The molecule has 2 heterocycles. The zero-order chi connectivity index (χ0) is 15.2. The zero-order valence-corrected chi connectivity index (χ0v) is 12.3. The maximum Gasteiger partial charge on any atom is 0.354 e. The molecule has 0 spiro atoms. The topological polar surface area (TPSA) is 62.6 Å². The first-order valence-corrected chi connectivity index (χ1v) is 6.59. The number of nitrogens with zero attached hydrogens (tertiary/aromatic N) is 2. The fourth-order valence-electron chi connectivity index (χ4n) is 2.07. The third-order valence-corrected chi connectivity index (χ3v) is 3.00. The minimum atomic E-state index is -0.357. The molecule has 0 fully saturated rings. The van der Waals surface area contributed by atoms with Crippen LogP contribution in [-0.4, -0.2) is 36.3 Å². The van der Waals surface area contributed by atoms with Crippen molar-refractivity contribution in [2.75, 3.05) is 20.8 Å². The summed E-state index contributed by atoms with van der Waals surface area (Å²) in [5.74, 6) is 0.806. The molecule has 2 aromatic rings. The van der Waals surface area contributed by atoms with E-state index in [4.69, 9.17) is 14.2 Å². The van der Waals surface area contributed by atoms with Crippen molar-refractivity contribution in [3.8, 4) is 11.5 Å². The molecule has 0 aromatic carbocycles. The van der Waals surface area contributed by atoms with Gasteiger partial charge in [-0.15, -0.1) is 0 Å². The van der Waals surface area contributed by atoms with Crippen LogP contribution in [0.2, 0.25) is 0 Å². The third-order valence-electron chi connectivity index (χ3n) is 3.00. The van der Waals surface area contributed by atoms with Crippen molar-refractivity contribution in [1.29, 1.82) is 0 Å². The van der Waals surface area contributed by atoms with Gasteiger partial charge >= 0.3 is 5.97 Å². The van der Waals surface area contributed by atoms with E-state index in [1.165, 1.54) is 0 Å². The number of rotatable bonds is 6. The Morgan fingerprint density at radius 1 is 1.29 bits per heavy atom. The van der Waals surface area contributed by atoms with Crippen molar-refractivity contribution in [2.24, 2.45) is 0 Å². The second-order valence-electron chi connectivity index (χ2n) is 4.23. The molecule has 0 unspecified atom stereocenters. The number of pyridine rings is 1. The molecular formula is C15H18N2O4. The van der Waals surface area contributed by atoms with Crippen LogP contribution in [0, 0.1) is 0 Å². The number of esters is 1. The van der Waals surface area contributed by atoms with E-state index in [1.807, 2.05) is 0 Å². The second kappa shape index (κ2) is 6.78. The van der Waals surface area contributed by atoms with Crippen LogP contribution >= 0.6 is 0 Å². The normalized spacial score (nSPS) is 10.2. The first kappa shape index (κ1) is 14.9. The molecule has 21 heavy (non-hydrogen) atoms. The Kier molecular flexibility index (Phi) is 4.81. The van der Waals surface area contributed by atoms with Crippen molar-refractivity contribution >= 4 is 5.97 Å². The van der Waals surface area contributed by atoms with Gasteiger partial charge in [0.25, 0.3) is 0 Å². The molecule has 0 radical (unpaired) electrons. The SMILES string of the molecule is CCOC(=O)c1cccn1Cc1nccc(OC)c1OC. The highest BCUT2D eigenvalue weighted by Crippen LogP contribution is 2.29. The lowest BCUT2D eigenvalue weighted by molar-refractivity contribution is 0.0514. The predicted molar refractivity (Wildman–Crippen MR) is 76.8 cm³/mol. The molecule has 0 aliphatic carbocycles. The predicted octanol–water partition coefficient (Wildman–Crippen LogP) is 2.13. The average Bonchev–Trinajstić information content (AvgIpc) is 2.95. The smallest absolute Gasteiger partial charge is 0.354 e. The maximum atomic E-state index is 11.9. The van der Waals surface area contributed by atoms with Crippen molar-refractivity contribution in [2.45, 2.75) is 13.5 Å². The van der Waals surface area contributed by atoms with Gasteiger partial charge in [0.1, 0.15) is 11.4 Å². The highest BCUT2D eigenvalue weighted by atomic mass is 16.5. The van der Waals surface area contributed by atoms with Crippen molar-refractivity contribution < 1.29 is 19.0 Å². The standard InChI is InChI=1S/C15H18N2O4/c1-4-21-15(18)12-6-5-9-17(12)10-11-14(20-3)13(19-2)7-8-16-11/h5-9H,4,10H2,1-3H3. The molecule has 0 atom stereocenters. The van der Waals surface area contributed by atoms with E-state index in [1.54, 1.807) is 56.3 Å². The van der Waals surface area contributed by atoms with Gasteiger partial charge in [-0.2, -0.15) is 0 Å². The molecular weight excluding hydrogens is 272 g/mol. The molecule has 0 saturated heterocycles. The molecule has 0 amide bonds. The minimum Gasteiger partial charge on any atom is -0.493 e. The van der Waals surface area contributed by atoms with E-state index in [0.717, 1.165) is 0 Å². The summed E-state index contributed by atoms with van der Waals surface area (Å²) in [6.07, 6.45) is 3.44. The quantitative estimate of drug-likeness (QED) is 0.763. The van der Waals surface area contributed by atoms with Gasteiger partial charge < -0.3 is 18.8 Å². The molecule has 2 rings (SSSR count). The summed E-state index contributed by atoms with van der Waals surface area (Å²) < 4.78 is 17.4. The zero-order valence-electron chi connectivity index (χ0n) is 12.3. The van der Waals surface area contributed by atoms with Gasteiger partial charge in [-0.1, -0.05) is 0 Å². The van der Waals surface area contributed by atoms with Crippen LogP contribution < -0.4 is 9.47 Å². The first-order chi connectivity index (χ1) is 10.2. The molecule has 2 aromatic heterocycles. The third kappa shape index (κ3) is 3.16. The molecule has 6 nitrogen and oxygen atoms in total. The largest absolute Gasteiger partial charge is 0.493 e. The Balaban J connectivity index is 2.31. The van der Waals surface area contributed by atoms with Crippen LogP contribution in [0.3, 0.4) is 0 Å². The monoisotopic (exact) mass is 290 g/mol. The highest BCUT2D eigenvalue weighted by molar-refractivity contribution is 5.87. The summed E-state index contributed by atoms with van der Waals surface area (Å²) in [6, 6.07) is 5.23. The van der Waals surface area contributed by atoms with Crippen molar-refractivity contribution in [1.82, 2.24) is 9.55 Å². The molecule has 6 heteroatoms. The van der Waals surface area contributed by atoms with Gasteiger partial charge in [-0.05, 0) is 19.1 Å². The Bertz CT molecular complexity index is 622. The lowest BCUT2D eigenvalue weighted by Gasteiger charge is -2.13. The lowest BCUT2D eigenvalue weighted by Crippen LogP contribution is -2.13. The summed E-state index contributed by atoms with van der Waals surface area (Å²) in [4.78, 5) is 16.2. The number of carbonyl (C=O) groups excluding carboxylic acids is 1. The van der Waals surface area contributed by atoms with E-state index in [0.29, 0.717) is 36.0 Å². The van der Waals surface area contributed by atoms with Crippen LogP contribution in [-0.2, 0) is 11.3 Å². The highest BCUT2D eigenvalue weighted by Gasteiger charge is 2.16. The van der Waals surface area contributed by atoms with Crippen molar-refractivity contribution in [3.63, 3.8) is 0 Å². The number of aromatic nitrogens is 2. The fraction of sp³-hybridized carbons (Fsp3) is 0.333. The number of hydrogen-bond donors (Lipinski definition) is 0. The van der Waals surface area contributed by atoms with Crippen LogP contribution in [0.5, 0.6) is 11.5 Å². The number of ether oxygens (including phenoxy) is 3. The molecule has 0 aliphatic heterocycles. The summed E-state index contributed by atoms with van der Waals surface area (Å²) in [5.41, 5.74) is 1.15. The second-order valence-corrected chi connectivity index (χ2v) is 4.23. The fourth-order valence-corrected chi connectivity index (χ4v) is 2.07. The van der Waals surface area contributed by atoms with E-state index >= 15 is 0 Å². The van der Waals surface area contributed by atoms with E-state index in [-0.39, 0.29) is 5.97 Å². The van der Waals surface area contributed by atoms with E-state index < -0.39 is 0 Å². The lowest BCUT2D eigenvalue weighted by atomic mass is 10.3. The molecule has 0 N–H and O–H groups in total. The summed E-state index contributed by atoms with van der Waals surface area (Å²) >= 11 is 0. The summed E-state index contributed by atoms with van der Waals surface area (Å²) in [6.45, 7) is 2.50. The number of hydrogen-bond acceptors (Lipinski definition) is 5. The van der Waals surface area contributed by atoms with Gasteiger partial charge in [0.05, 0.1) is 27.4 Å². The van der Waals surface area contributed by atoms with Crippen LogP contribution in [0.4, 0.5) is 0 Å².